The van der Waals surface area contributed by atoms with Crippen LogP contribution in [0.2, 0.25) is 10.0 Å². The molecule has 0 heterocycles. The summed E-state index contributed by atoms with van der Waals surface area (Å²) in [6.45, 7) is 1.89. The average Bonchev–Trinajstić information content (AvgIpc) is 2.27. The average molecular weight is 269 g/mol. The van der Waals surface area contributed by atoms with Crippen molar-refractivity contribution in [2.24, 2.45) is 0 Å². The lowest BCUT2D eigenvalue weighted by Crippen LogP contribution is -1.86. The van der Waals surface area contributed by atoms with Crippen LogP contribution in [0.5, 0.6) is 17.2 Å². The first-order chi connectivity index (χ1) is 8.06. The van der Waals surface area contributed by atoms with E-state index in [-0.39, 0.29) is 5.75 Å². The lowest BCUT2D eigenvalue weighted by molar-refractivity contribution is 0.411. The van der Waals surface area contributed by atoms with Crippen molar-refractivity contribution >= 4 is 23.2 Å². The van der Waals surface area contributed by atoms with Gasteiger partial charge in [0.05, 0.1) is 0 Å². The number of aryl methyl sites for hydroxylation is 1. The molecule has 0 spiro atoms. The van der Waals surface area contributed by atoms with E-state index in [1.807, 2.05) is 6.92 Å². The summed E-state index contributed by atoms with van der Waals surface area (Å²) >= 11 is 11.6. The minimum absolute atomic E-state index is 0.00473. The predicted octanol–water partition coefficient (Wildman–Crippen LogP) is 4.80. The van der Waals surface area contributed by atoms with Gasteiger partial charge in [0.25, 0.3) is 0 Å². The Morgan fingerprint density at radius 3 is 2.47 bits per heavy atom. The van der Waals surface area contributed by atoms with Crippen molar-refractivity contribution in [1.29, 1.82) is 0 Å². The second-order valence-electron chi connectivity index (χ2n) is 3.63. The van der Waals surface area contributed by atoms with Crippen molar-refractivity contribution < 1.29 is 9.84 Å². The first kappa shape index (κ1) is 12.1. The maximum absolute atomic E-state index is 9.64. The van der Waals surface area contributed by atoms with Crippen LogP contribution in [0.1, 0.15) is 5.56 Å². The van der Waals surface area contributed by atoms with E-state index < -0.39 is 0 Å². The molecule has 0 saturated carbocycles. The summed E-state index contributed by atoms with van der Waals surface area (Å²) in [6, 6.07) is 9.99. The molecule has 0 aromatic heterocycles. The smallest absolute Gasteiger partial charge is 0.169 e. The molecule has 0 aliphatic heterocycles. The molecule has 0 fully saturated rings. The minimum Gasteiger partial charge on any atom is -0.504 e. The molecule has 4 heteroatoms. The van der Waals surface area contributed by atoms with Crippen LogP contribution in [0.3, 0.4) is 0 Å². The quantitative estimate of drug-likeness (QED) is 0.848. The number of phenolic OH excluding ortho intramolecular Hbond substituents is 1. The fourth-order valence-corrected chi connectivity index (χ4v) is 1.67. The second-order valence-corrected chi connectivity index (χ2v) is 4.47. The van der Waals surface area contributed by atoms with Gasteiger partial charge in [0.2, 0.25) is 0 Å². The number of hydrogen-bond donors (Lipinski definition) is 1. The van der Waals surface area contributed by atoms with E-state index in [2.05, 4.69) is 0 Å². The molecule has 0 bridgehead atoms. The Labute approximate surface area is 109 Å². The number of benzene rings is 2. The molecule has 0 aliphatic carbocycles. The summed E-state index contributed by atoms with van der Waals surface area (Å²) in [6.07, 6.45) is 0. The van der Waals surface area contributed by atoms with Gasteiger partial charge in [-0.3, -0.25) is 0 Å². The molecular weight excluding hydrogens is 259 g/mol. The molecule has 0 amide bonds. The zero-order valence-corrected chi connectivity index (χ0v) is 10.6. The van der Waals surface area contributed by atoms with Gasteiger partial charge in [0.1, 0.15) is 5.75 Å². The highest BCUT2D eigenvalue weighted by Gasteiger charge is 2.05. The van der Waals surface area contributed by atoms with Crippen molar-refractivity contribution in [1.82, 2.24) is 0 Å². The molecule has 1 N–H and O–H groups in total. The zero-order chi connectivity index (χ0) is 12.4. The minimum atomic E-state index is 0.00473. The molecule has 2 aromatic carbocycles. The number of phenols is 1. The molecule has 0 aliphatic rings. The standard InChI is InChI=1S/C13H10Cl2O2/c1-8-6-10(3-4-11(8)15)17-13-5-2-9(14)7-12(13)16/h2-7,16H,1H3. The third-order valence-electron chi connectivity index (χ3n) is 2.28. The fraction of sp³-hybridized carbons (Fsp3) is 0.0769. The molecule has 88 valence electrons. The Hall–Kier alpha value is -1.38. The Bertz CT molecular complexity index is 553. The van der Waals surface area contributed by atoms with Gasteiger partial charge in [0, 0.05) is 16.1 Å². The summed E-state index contributed by atoms with van der Waals surface area (Å²) in [4.78, 5) is 0. The van der Waals surface area contributed by atoms with E-state index in [1.54, 1.807) is 30.3 Å². The van der Waals surface area contributed by atoms with Crippen molar-refractivity contribution in [3.63, 3.8) is 0 Å². The summed E-state index contributed by atoms with van der Waals surface area (Å²) in [5.41, 5.74) is 0.914. The third-order valence-corrected chi connectivity index (χ3v) is 2.94. The van der Waals surface area contributed by atoms with Crippen LogP contribution in [0.15, 0.2) is 36.4 Å². The molecule has 2 rings (SSSR count). The zero-order valence-electron chi connectivity index (χ0n) is 9.08. The number of rotatable bonds is 2. The largest absolute Gasteiger partial charge is 0.504 e. The topological polar surface area (TPSA) is 29.5 Å². The van der Waals surface area contributed by atoms with E-state index in [1.165, 1.54) is 6.07 Å². The fourth-order valence-electron chi connectivity index (χ4n) is 1.38. The highest BCUT2D eigenvalue weighted by atomic mass is 35.5. The van der Waals surface area contributed by atoms with Gasteiger partial charge in [-0.15, -0.1) is 0 Å². The maximum atomic E-state index is 9.64. The van der Waals surface area contributed by atoms with Crippen molar-refractivity contribution in [2.45, 2.75) is 6.92 Å². The van der Waals surface area contributed by atoms with Gasteiger partial charge in [-0.05, 0) is 42.8 Å². The summed E-state index contributed by atoms with van der Waals surface area (Å²) in [5, 5.41) is 10.8. The Morgan fingerprint density at radius 2 is 1.82 bits per heavy atom. The van der Waals surface area contributed by atoms with E-state index in [0.717, 1.165) is 5.56 Å². The SMILES string of the molecule is Cc1cc(Oc2ccc(Cl)cc2O)ccc1Cl. The van der Waals surface area contributed by atoms with Crippen LogP contribution < -0.4 is 4.74 Å². The normalized spacial score (nSPS) is 10.3. The second kappa shape index (κ2) is 4.86. The van der Waals surface area contributed by atoms with Crippen LogP contribution in [0.25, 0.3) is 0 Å². The van der Waals surface area contributed by atoms with Crippen LogP contribution >= 0.6 is 23.2 Å². The van der Waals surface area contributed by atoms with Gasteiger partial charge in [-0.1, -0.05) is 23.2 Å². The van der Waals surface area contributed by atoms with Crippen molar-refractivity contribution in [2.75, 3.05) is 0 Å². The first-order valence-electron chi connectivity index (χ1n) is 4.99. The molecule has 0 radical (unpaired) electrons. The molecule has 0 unspecified atom stereocenters. The Morgan fingerprint density at radius 1 is 1.06 bits per heavy atom. The van der Waals surface area contributed by atoms with E-state index >= 15 is 0 Å². The molecule has 17 heavy (non-hydrogen) atoms. The highest BCUT2D eigenvalue weighted by molar-refractivity contribution is 6.31. The Balaban J connectivity index is 2.28. The van der Waals surface area contributed by atoms with Crippen molar-refractivity contribution in [3.05, 3.63) is 52.0 Å². The third kappa shape index (κ3) is 2.84. The van der Waals surface area contributed by atoms with Gasteiger partial charge in [-0.25, -0.2) is 0 Å². The molecule has 2 nitrogen and oxygen atoms in total. The van der Waals surface area contributed by atoms with Crippen LogP contribution in [0, 0.1) is 6.92 Å². The number of halogens is 2. The van der Waals surface area contributed by atoms with Crippen LogP contribution in [0.4, 0.5) is 0 Å². The summed E-state index contributed by atoms with van der Waals surface area (Å²) in [5.74, 6) is 0.978. The summed E-state index contributed by atoms with van der Waals surface area (Å²) in [7, 11) is 0. The number of hydrogen-bond acceptors (Lipinski definition) is 2. The predicted molar refractivity (Wildman–Crippen MR) is 69.4 cm³/mol. The molecule has 0 saturated heterocycles. The first-order valence-corrected chi connectivity index (χ1v) is 5.74. The monoisotopic (exact) mass is 268 g/mol. The van der Waals surface area contributed by atoms with Gasteiger partial charge < -0.3 is 9.84 Å². The van der Waals surface area contributed by atoms with Gasteiger partial charge in [0.15, 0.2) is 11.5 Å². The highest BCUT2D eigenvalue weighted by Crippen LogP contribution is 2.33. The van der Waals surface area contributed by atoms with Crippen LogP contribution in [-0.2, 0) is 0 Å². The van der Waals surface area contributed by atoms with Gasteiger partial charge in [-0.2, -0.15) is 0 Å². The molecule has 0 atom stereocenters. The molecular formula is C13H10Cl2O2. The van der Waals surface area contributed by atoms with Gasteiger partial charge >= 0.3 is 0 Å². The lowest BCUT2D eigenvalue weighted by Gasteiger charge is -2.08. The lowest BCUT2D eigenvalue weighted by atomic mass is 10.2. The van der Waals surface area contributed by atoms with Crippen molar-refractivity contribution in [3.8, 4) is 17.2 Å². The number of ether oxygens (including phenoxy) is 1. The maximum Gasteiger partial charge on any atom is 0.169 e. The molecule has 2 aromatic rings. The van der Waals surface area contributed by atoms with E-state index in [4.69, 9.17) is 27.9 Å². The number of aromatic hydroxyl groups is 1. The van der Waals surface area contributed by atoms with E-state index in [0.29, 0.717) is 21.5 Å². The summed E-state index contributed by atoms with van der Waals surface area (Å²) < 4.78 is 5.53. The Kier molecular flexibility index (Phi) is 3.46. The van der Waals surface area contributed by atoms with Crippen LogP contribution in [-0.4, -0.2) is 5.11 Å². The van der Waals surface area contributed by atoms with E-state index in [9.17, 15) is 5.11 Å².